The third-order valence-electron chi connectivity index (χ3n) is 6.57. The van der Waals surface area contributed by atoms with E-state index >= 15 is 0 Å². The molecule has 6 nitrogen and oxygen atoms in total. The van der Waals surface area contributed by atoms with Gasteiger partial charge in [0.05, 0.1) is 0 Å². The summed E-state index contributed by atoms with van der Waals surface area (Å²) in [6.07, 6.45) is 5.38. The summed E-state index contributed by atoms with van der Waals surface area (Å²) in [6.45, 7) is 8.51. The number of carbonyl (C=O) groups excluding carboxylic acids is 1. The van der Waals surface area contributed by atoms with Crippen LogP contribution in [0.25, 0.3) is 0 Å². The maximum absolute atomic E-state index is 11.6. The van der Waals surface area contributed by atoms with E-state index in [0.717, 1.165) is 50.9 Å². The van der Waals surface area contributed by atoms with E-state index in [1.807, 2.05) is 7.05 Å². The molecule has 1 atom stereocenters. The molecule has 0 saturated carbocycles. The average Bonchev–Trinajstić information content (AvgIpc) is 2.76. The summed E-state index contributed by atoms with van der Waals surface area (Å²) in [6, 6.07) is 8.78. The van der Waals surface area contributed by atoms with E-state index < -0.39 is 0 Å². The molecule has 2 N–H and O–H groups in total. The van der Waals surface area contributed by atoms with Crippen LogP contribution in [0.15, 0.2) is 29.3 Å². The average molecular weight is 414 g/mol. The highest BCUT2D eigenvalue weighted by molar-refractivity contribution is 5.80. The summed E-state index contributed by atoms with van der Waals surface area (Å²) < 4.78 is 0. The quantitative estimate of drug-likeness (QED) is 0.556. The predicted molar refractivity (Wildman–Crippen MR) is 123 cm³/mol. The fraction of sp³-hybridized carbons (Fsp3) is 0.667. The van der Waals surface area contributed by atoms with E-state index in [1.165, 1.54) is 37.1 Å². The van der Waals surface area contributed by atoms with Crippen LogP contribution in [-0.4, -0.2) is 61.9 Å². The maximum atomic E-state index is 11.6. The zero-order valence-electron chi connectivity index (χ0n) is 19.0. The van der Waals surface area contributed by atoms with E-state index in [-0.39, 0.29) is 5.91 Å². The van der Waals surface area contributed by atoms with Crippen LogP contribution in [0.3, 0.4) is 0 Å². The van der Waals surface area contributed by atoms with E-state index in [4.69, 9.17) is 0 Å². The Bertz CT molecular complexity index is 711. The first-order chi connectivity index (χ1) is 14.6. The number of guanidine groups is 1. The van der Waals surface area contributed by atoms with Crippen LogP contribution >= 0.6 is 0 Å². The second kappa shape index (κ2) is 11.3. The van der Waals surface area contributed by atoms with Crippen molar-refractivity contribution in [2.45, 2.75) is 52.1 Å². The van der Waals surface area contributed by atoms with Gasteiger partial charge >= 0.3 is 0 Å². The van der Waals surface area contributed by atoms with Gasteiger partial charge in [-0.1, -0.05) is 31.2 Å². The molecule has 2 heterocycles. The van der Waals surface area contributed by atoms with Crippen molar-refractivity contribution in [3.8, 4) is 0 Å². The molecule has 2 aliphatic heterocycles. The second-order valence-corrected chi connectivity index (χ2v) is 8.96. The summed E-state index contributed by atoms with van der Waals surface area (Å²) in [5.74, 6) is 2.40. The zero-order valence-corrected chi connectivity index (χ0v) is 19.0. The first kappa shape index (κ1) is 22.6. The molecule has 2 aliphatic rings. The van der Waals surface area contributed by atoms with Crippen LogP contribution in [0.4, 0.5) is 0 Å². The first-order valence-electron chi connectivity index (χ1n) is 11.5. The monoisotopic (exact) mass is 413 g/mol. The highest BCUT2D eigenvalue weighted by Gasteiger charge is 2.23. The molecule has 0 aromatic heterocycles. The van der Waals surface area contributed by atoms with Gasteiger partial charge in [-0.3, -0.25) is 14.7 Å². The number of aliphatic imine (C=N–C) groups is 1. The molecule has 1 aromatic carbocycles. The van der Waals surface area contributed by atoms with Crippen LogP contribution in [0.1, 0.15) is 50.2 Å². The van der Waals surface area contributed by atoms with Gasteiger partial charge in [-0.05, 0) is 55.2 Å². The topological polar surface area (TPSA) is 60.0 Å². The zero-order chi connectivity index (χ0) is 21.3. The van der Waals surface area contributed by atoms with Crippen molar-refractivity contribution in [3.05, 3.63) is 35.4 Å². The standard InChI is InChI=1S/C24H39N5O/c1-19-7-6-12-28(17-19)18-22-9-5-4-8-21(22)16-27-24(26-3)29-13-10-20(11-14-29)15-23(30)25-2/h4-5,8-9,19-20H,6-7,10-18H2,1-3H3,(H,25,30)(H,26,27). The number of rotatable bonds is 6. The number of likely N-dealkylation sites (tertiary alicyclic amines) is 2. The van der Waals surface area contributed by atoms with E-state index in [9.17, 15) is 4.79 Å². The van der Waals surface area contributed by atoms with Crippen LogP contribution in [0.2, 0.25) is 0 Å². The number of amides is 1. The SMILES string of the molecule is CN=C(NCc1ccccc1CN1CCCC(C)C1)N1CCC(CC(=O)NC)CC1. The molecule has 1 unspecified atom stereocenters. The number of nitrogens with zero attached hydrogens (tertiary/aromatic N) is 3. The smallest absolute Gasteiger partial charge is 0.220 e. The Balaban J connectivity index is 1.52. The minimum absolute atomic E-state index is 0.149. The second-order valence-electron chi connectivity index (χ2n) is 8.96. The summed E-state index contributed by atoms with van der Waals surface area (Å²) in [4.78, 5) is 21.1. The molecular formula is C24H39N5O. The van der Waals surface area contributed by atoms with Gasteiger partial charge in [0, 0.05) is 53.2 Å². The van der Waals surface area contributed by atoms with Gasteiger partial charge in [0.15, 0.2) is 5.96 Å². The van der Waals surface area contributed by atoms with Crippen molar-refractivity contribution >= 4 is 11.9 Å². The first-order valence-corrected chi connectivity index (χ1v) is 11.5. The Labute approximate surface area is 182 Å². The molecule has 2 fully saturated rings. The van der Waals surface area contributed by atoms with Crippen LogP contribution in [0.5, 0.6) is 0 Å². The normalized spacial score (nSPS) is 21.5. The van der Waals surface area contributed by atoms with E-state index in [1.54, 1.807) is 7.05 Å². The van der Waals surface area contributed by atoms with Crippen molar-refractivity contribution in [1.82, 2.24) is 20.4 Å². The molecular weight excluding hydrogens is 374 g/mol. The molecule has 0 aliphatic carbocycles. The van der Waals surface area contributed by atoms with Crippen LogP contribution in [-0.2, 0) is 17.9 Å². The number of nitrogens with one attached hydrogen (secondary N) is 2. The van der Waals surface area contributed by atoms with Gasteiger partial charge in [0.1, 0.15) is 0 Å². The van der Waals surface area contributed by atoms with E-state index in [0.29, 0.717) is 12.3 Å². The lowest BCUT2D eigenvalue weighted by molar-refractivity contribution is -0.121. The Morgan fingerprint density at radius 1 is 1.13 bits per heavy atom. The van der Waals surface area contributed by atoms with Crippen LogP contribution in [0, 0.1) is 11.8 Å². The lowest BCUT2D eigenvalue weighted by Gasteiger charge is -2.34. The summed E-state index contributed by atoms with van der Waals surface area (Å²) >= 11 is 0. The summed E-state index contributed by atoms with van der Waals surface area (Å²) in [7, 11) is 3.58. The third kappa shape index (κ3) is 6.46. The summed E-state index contributed by atoms with van der Waals surface area (Å²) in [5.41, 5.74) is 2.77. The number of hydrogen-bond donors (Lipinski definition) is 2. The fourth-order valence-electron chi connectivity index (χ4n) is 4.78. The fourth-order valence-corrected chi connectivity index (χ4v) is 4.78. The maximum Gasteiger partial charge on any atom is 0.220 e. The van der Waals surface area contributed by atoms with Crippen molar-refractivity contribution in [1.29, 1.82) is 0 Å². The minimum atomic E-state index is 0.149. The highest BCUT2D eigenvalue weighted by Crippen LogP contribution is 2.21. The van der Waals surface area contributed by atoms with Gasteiger partial charge in [-0.15, -0.1) is 0 Å². The highest BCUT2D eigenvalue weighted by atomic mass is 16.1. The van der Waals surface area contributed by atoms with Gasteiger partial charge < -0.3 is 15.5 Å². The van der Waals surface area contributed by atoms with Gasteiger partial charge in [0.25, 0.3) is 0 Å². The molecule has 0 spiro atoms. The van der Waals surface area contributed by atoms with Crippen molar-refractivity contribution < 1.29 is 4.79 Å². The number of piperidine rings is 2. The lowest BCUT2D eigenvalue weighted by atomic mass is 9.93. The Morgan fingerprint density at radius 3 is 2.53 bits per heavy atom. The number of benzene rings is 1. The lowest BCUT2D eigenvalue weighted by Crippen LogP contribution is -2.45. The van der Waals surface area contributed by atoms with E-state index in [2.05, 4.69) is 56.6 Å². The molecule has 2 saturated heterocycles. The number of carbonyl (C=O) groups is 1. The van der Waals surface area contributed by atoms with Crippen molar-refractivity contribution in [2.75, 3.05) is 40.3 Å². The van der Waals surface area contributed by atoms with Gasteiger partial charge in [0.2, 0.25) is 5.91 Å². The number of hydrogen-bond acceptors (Lipinski definition) is 3. The van der Waals surface area contributed by atoms with Crippen molar-refractivity contribution in [3.63, 3.8) is 0 Å². The molecule has 1 aromatic rings. The largest absolute Gasteiger partial charge is 0.359 e. The Morgan fingerprint density at radius 2 is 1.87 bits per heavy atom. The summed E-state index contributed by atoms with van der Waals surface area (Å²) in [5, 5.41) is 6.33. The molecule has 166 valence electrons. The van der Waals surface area contributed by atoms with Crippen LogP contribution < -0.4 is 10.6 Å². The molecule has 6 heteroatoms. The van der Waals surface area contributed by atoms with Gasteiger partial charge in [-0.2, -0.15) is 0 Å². The van der Waals surface area contributed by atoms with Crippen molar-refractivity contribution in [2.24, 2.45) is 16.8 Å². The molecule has 0 bridgehead atoms. The minimum Gasteiger partial charge on any atom is -0.359 e. The Kier molecular flexibility index (Phi) is 8.55. The van der Waals surface area contributed by atoms with Gasteiger partial charge in [-0.25, -0.2) is 0 Å². The Hall–Kier alpha value is -2.08. The predicted octanol–water partition coefficient (Wildman–Crippen LogP) is 2.84. The molecule has 0 radical (unpaired) electrons. The third-order valence-corrected chi connectivity index (χ3v) is 6.57. The molecule has 1 amide bonds. The molecule has 3 rings (SSSR count). The molecule has 30 heavy (non-hydrogen) atoms.